The van der Waals surface area contributed by atoms with E-state index in [0.29, 0.717) is 0 Å². The first-order valence-corrected chi connectivity index (χ1v) is 9.65. The molecule has 0 unspecified atom stereocenters. The third-order valence-electron chi connectivity index (χ3n) is 5.21. The topological polar surface area (TPSA) is 33.1 Å². The summed E-state index contributed by atoms with van der Waals surface area (Å²) in [5.41, 5.74) is 5.71. The van der Waals surface area contributed by atoms with Gasteiger partial charge in [0.2, 0.25) is 0 Å². The van der Waals surface area contributed by atoms with Crippen LogP contribution in [-0.2, 0) is 0 Å². The fourth-order valence-corrected chi connectivity index (χ4v) is 4.29. The van der Waals surface area contributed by atoms with Crippen molar-refractivity contribution in [1.29, 1.82) is 0 Å². The molecule has 0 spiro atoms. The average molecular weight is 397 g/mol. The lowest BCUT2D eigenvalue weighted by Crippen LogP contribution is -2.25. The molecule has 27 heavy (non-hydrogen) atoms. The Bertz CT molecular complexity index is 981. The lowest BCUT2D eigenvalue weighted by molar-refractivity contribution is 0.367. The quantitative estimate of drug-likeness (QED) is 0.648. The molecule has 1 aliphatic rings. The van der Waals surface area contributed by atoms with E-state index in [-0.39, 0.29) is 12.1 Å². The maximum Gasteiger partial charge on any atom is 0.169 e. The Balaban J connectivity index is 1.81. The van der Waals surface area contributed by atoms with E-state index >= 15 is 0 Å². The van der Waals surface area contributed by atoms with Crippen molar-refractivity contribution in [3.8, 4) is 5.69 Å². The summed E-state index contributed by atoms with van der Waals surface area (Å²) in [6.45, 7) is 4.28. The maximum absolute atomic E-state index is 6.06. The normalized spacial score (nSPS) is 19.4. The molecule has 1 saturated heterocycles. The van der Waals surface area contributed by atoms with Crippen LogP contribution in [0.3, 0.4) is 0 Å². The minimum absolute atomic E-state index is 0.0165. The lowest BCUT2D eigenvalue weighted by Gasteiger charge is -2.24. The second kappa shape index (κ2) is 6.98. The number of aromatic nitrogens is 2. The van der Waals surface area contributed by atoms with Gasteiger partial charge in [-0.15, -0.1) is 0 Å². The first-order chi connectivity index (χ1) is 13.0. The Hall–Kier alpha value is -2.37. The monoisotopic (exact) mass is 396 g/mol. The van der Waals surface area contributed by atoms with Gasteiger partial charge in [0, 0.05) is 35.3 Å². The predicted octanol–water partition coefficient (Wildman–Crippen LogP) is 4.74. The van der Waals surface area contributed by atoms with E-state index < -0.39 is 0 Å². The number of hydrogen-bond donors (Lipinski definition) is 1. The number of halogens is 1. The van der Waals surface area contributed by atoms with Crippen molar-refractivity contribution >= 4 is 28.9 Å². The first-order valence-electron chi connectivity index (χ1n) is 8.86. The maximum atomic E-state index is 6.06. The van der Waals surface area contributed by atoms with E-state index in [0.717, 1.165) is 21.5 Å². The SMILES string of the molecule is Cc1cc([C@@H]2[C@H](c3ccccn3)NC(=S)N2C)c(C)n1-c1ccc(Cl)cc1. The van der Waals surface area contributed by atoms with Crippen LogP contribution in [-0.4, -0.2) is 26.6 Å². The van der Waals surface area contributed by atoms with Gasteiger partial charge in [-0.3, -0.25) is 4.98 Å². The number of benzene rings is 1. The van der Waals surface area contributed by atoms with Crippen LogP contribution in [0.2, 0.25) is 5.02 Å². The van der Waals surface area contributed by atoms with Crippen molar-refractivity contribution in [2.45, 2.75) is 25.9 Å². The highest BCUT2D eigenvalue weighted by molar-refractivity contribution is 7.80. The van der Waals surface area contributed by atoms with E-state index in [4.69, 9.17) is 23.8 Å². The molecule has 0 radical (unpaired) electrons. The third-order valence-corrected chi connectivity index (χ3v) is 5.87. The molecule has 4 rings (SSSR count). The molecule has 6 heteroatoms. The summed E-state index contributed by atoms with van der Waals surface area (Å²) in [5, 5.41) is 4.92. The summed E-state index contributed by atoms with van der Waals surface area (Å²) in [7, 11) is 2.04. The van der Waals surface area contributed by atoms with Gasteiger partial charge in [-0.1, -0.05) is 17.7 Å². The highest BCUT2D eigenvalue weighted by Gasteiger charge is 2.39. The van der Waals surface area contributed by atoms with Crippen molar-refractivity contribution in [2.24, 2.45) is 0 Å². The van der Waals surface area contributed by atoms with Crippen LogP contribution in [0.4, 0.5) is 0 Å². The van der Waals surface area contributed by atoms with Gasteiger partial charge in [0.25, 0.3) is 0 Å². The van der Waals surface area contributed by atoms with Crippen LogP contribution in [0.15, 0.2) is 54.7 Å². The Morgan fingerprint density at radius 3 is 2.52 bits per heavy atom. The molecule has 0 amide bonds. The summed E-state index contributed by atoms with van der Waals surface area (Å²) < 4.78 is 2.26. The van der Waals surface area contributed by atoms with Gasteiger partial charge in [0.15, 0.2) is 5.11 Å². The van der Waals surface area contributed by atoms with E-state index in [2.05, 4.69) is 39.7 Å². The molecule has 1 aliphatic heterocycles. The van der Waals surface area contributed by atoms with Gasteiger partial charge < -0.3 is 14.8 Å². The molecule has 2 atom stereocenters. The van der Waals surface area contributed by atoms with Gasteiger partial charge in [-0.2, -0.15) is 0 Å². The fraction of sp³-hybridized carbons (Fsp3) is 0.238. The number of rotatable bonds is 3. The zero-order chi connectivity index (χ0) is 19.1. The van der Waals surface area contributed by atoms with Gasteiger partial charge in [-0.25, -0.2) is 0 Å². The number of nitrogens with one attached hydrogen (secondary N) is 1. The molecule has 4 nitrogen and oxygen atoms in total. The molecule has 138 valence electrons. The van der Waals surface area contributed by atoms with E-state index in [1.54, 1.807) is 0 Å². The van der Waals surface area contributed by atoms with Crippen LogP contribution in [0.25, 0.3) is 5.69 Å². The zero-order valence-electron chi connectivity index (χ0n) is 15.5. The Morgan fingerprint density at radius 1 is 1.11 bits per heavy atom. The second-order valence-corrected chi connectivity index (χ2v) is 7.70. The lowest BCUT2D eigenvalue weighted by atomic mass is 9.97. The zero-order valence-corrected chi connectivity index (χ0v) is 17.1. The third kappa shape index (κ3) is 3.11. The highest BCUT2D eigenvalue weighted by atomic mass is 35.5. The molecule has 1 aromatic carbocycles. The number of nitrogens with zero attached hydrogens (tertiary/aromatic N) is 3. The van der Waals surface area contributed by atoms with Crippen LogP contribution >= 0.6 is 23.8 Å². The molecule has 1 fully saturated rings. The molecule has 1 N–H and O–H groups in total. The summed E-state index contributed by atoms with van der Waals surface area (Å²) >= 11 is 11.6. The van der Waals surface area contributed by atoms with Gasteiger partial charge in [0.1, 0.15) is 0 Å². The Kier molecular flexibility index (Phi) is 4.66. The number of hydrogen-bond acceptors (Lipinski definition) is 2. The van der Waals surface area contributed by atoms with Crippen LogP contribution in [0.1, 0.15) is 34.7 Å². The molecule has 0 aliphatic carbocycles. The van der Waals surface area contributed by atoms with Crippen molar-refractivity contribution in [2.75, 3.05) is 7.05 Å². The summed E-state index contributed by atoms with van der Waals surface area (Å²) in [6.07, 6.45) is 1.83. The smallest absolute Gasteiger partial charge is 0.169 e. The van der Waals surface area contributed by atoms with E-state index in [1.165, 1.54) is 17.0 Å². The fourth-order valence-electron chi connectivity index (χ4n) is 3.92. The standard InChI is InChI=1S/C21H21ClN4S/c1-13-12-17(14(2)26(13)16-9-7-15(22)8-10-16)20-19(24-21(27)25(20)3)18-6-4-5-11-23-18/h4-12,19-20H,1-3H3,(H,24,27)/t19-,20+/m0/s1. The number of likely N-dealkylation sites (N-methyl/N-ethyl adjacent to an activating group) is 1. The van der Waals surface area contributed by atoms with E-state index in [9.17, 15) is 0 Å². The Labute approximate surface area is 169 Å². The van der Waals surface area contributed by atoms with Gasteiger partial charge in [0.05, 0.1) is 17.8 Å². The molecular formula is C21H21ClN4S. The summed E-state index contributed by atoms with van der Waals surface area (Å²) in [6, 6.07) is 16.3. The van der Waals surface area contributed by atoms with Crippen molar-refractivity contribution in [1.82, 2.24) is 19.8 Å². The number of aryl methyl sites for hydroxylation is 1. The van der Waals surface area contributed by atoms with Crippen LogP contribution in [0.5, 0.6) is 0 Å². The second-order valence-electron chi connectivity index (χ2n) is 6.88. The van der Waals surface area contributed by atoms with Crippen LogP contribution in [0, 0.1) is 13.8 Å². The van der Waals surface area contributed by atoms with Gasteiger partial charge in [-0.05, 0) is 74.1 Å². The van der Waals surface area contributed by atoms with Crippen molar-refractivity contribution in [3.05, 3.63) is 82.4 Å². The molecule has 3 heterocycles. The molecular weight excluding hydrogens is 376 g/mol. The molecule has 2 aromatic heterocycles. The molecule has 0 saturated carbocycles. The van der Waals surface area contributed by atoms with E-state index in [1.807, 2.05) is 55.7 Å². The molecule has 3 aromatic rings. The predicted molar refractivity (Wildman–Crippen MR) is 113 cm³/mol. The van der Waals surface area contributed by atoms with Crippen molar-refractivity contribution < 1.29 is 0 Å². The number of thiocarbonyl (C=S) groups is 1. The van der Waals surface area contributed by atoms with Crippen molar-refractivity contribution in [3.63, 3.8) is 0 Å². The Morgan fingerprint density at radius 2 is 1.85 bits per heavy atom. The number of pyridine rings is 1. The molecule has 0 bridgehead atoms. The largest absolute Gasteiger partial charge is 0.352 e. The van der Waals surface area contributed by atoms with Gasteiger partial charge >= 0.3 is 0 Å². The summed E-state index contributed by atoms with van der Waals surface area (Å²) in [5.74, 6) is 0. The highest BCUT2D eigenvalue weighted by Crippen LogP contribution is 2.40. The minimum Gasteiger partial charge on any atom is -0.352 e. The summed E-state index contributed by atoms with van der Waals surface area (Å²) in [4.78, 5) is 6.69. The first kappa shape index (κ1) is 18.0. The average Bonchev–Trinajstić information content (AvgIpc) is 3.12. The minimum atomic E-state index is 0.0165. The van der Waals surface area contributed by atoms with Crippen LogP contribution < -0.4 is 5.32 Å².